The minimum Gasteiger partial charge on any atom is -0.292 e. The number of non-ortho nitro benzene ring substituents is 1. The summed E-state index contributed by atoms with van der Waals surface area (Å²) in [5, 5.41) is 10.9. The third-order valence-corrected chi connectivity index (χ3v) is 6.50. The first-order valence-electron chi connectivity index (χ1n) is 9.96. The maximum Gasteiger partial charge on any atom is 0.269 e. The Hall–Kier alpha value is -3.39. The zero-order chi connectivity index (χ0) is 21.0. The number of fused-ring (bicyclic) bond motifs is 3. The van der Waals surface area contributed by atoms with Gasteiger partial charge in [-0.2, -0.15) is 0 Å². The van der Waals surface area contributed by atoms with E-state index in [9.17, 15) is 24.5 Å². The average molecular weight is 405 g/mol. The Balaban J connectivity index is 1.52. The maximum absolute atomic E-state index is 13.4. The molecule has 8 heteroatoms. The summed E-state index contributed by atoms with van der Waals surface area (Å²) in [5.74, 6) is -2.15. The van der Waals surface area contributed by atoms with Gasteiger partial charge in [-0.05, 0) is 31.5 Å². The van der Waals surface area contributed by atoms with E-state index in [1.165, 1.54) is 24.3 Å². The molecule has 3 aliphatic heterocycles. The van der Waals surface area contributed by atoms with Crippen LogP contribution in [-0.4, -0.2) is 46.0 Å². The number of nitrogens with zero attached hydrogens (tertiary/aromatic N) is 3. The van der Waals surface area contributed by atoms with Gasteiger partial charge >= 0.3 is 0 Å². The van der Waals surface area contributed by atoms with Crippen LogP contribution in [0.3, 0.4) is 0 Å². The van der Waals surface area contributed by atoms with E-state index in [0.29, 0.717) is 17.8 Å². The van der Waals surface area contributed by atoms with Crippen molar-refractivity contribution in [3.8, 4) is 0 Å². The van der Waals surface area contributed by atoms with Crippen LogP contribution in [-0.2, 0) is 9.59 Å². The average Bonchev–Trinajstić information content (AvgIpc) is 3.40. The number of imide groups is 1. The normalized spacial score (nSPS) is 27.9. The Morgan fingerprint density at radius 2 is 1.63 bits per heavy atom. The van der Waals surface area contributed by atoms with Crippen molar-refractivity contribution >= 4 is 29.0 Å². The van der Waals surface area contributed by atoms with Crippen LogP contribution >= 0.6 is 0 Å². The van der Waals surface area contributed by atoms with E-state index in [1.807, 2.05) is 11.0 Å². The van der Waals surface area contributed by atoms with Crippen molar-refractivity contribution in [1.29, 1.82) is 0 Å². The molecule has 5 rings (SSSR count). The first-order chi connectivity index (χ1) is 14.5. The summed E-state index contributed by atoms with van der Waals surface area (Å²) >= 11 is 0. The molecule has 0 aromatic heterocycles. The van der Waals surface area contributed by atoms with Gasteiger partial charge < -0.3 is 0 Å². The van der Waals surface area contributed by atoms with E-state index in [1.54, 1.807) is 24.3 Å². The topological polar surface area (TPSA) is 101 Å². The molecule has 3 heterocycles. The van der Waals surface area contributed by atoms with Crippen molar-refractivity contribution in [2.75, 3.05) is 11.4 Å². The number of hydrogen-bond acceptors (Lipinski definition) is 6. The second kappa shape index (κ2) is 6.84. The molecule has 0 aliphatic carbocycles. The zero-order valence-electron chi connectivity index (χ0n) is 16.0. The number of amides is 2. The van der Waals surface area contributed by atoms with Crippen molar-refractivity contribution in [3.63, 3.8) is 0 Å². The number of Topliss-reactive ketones (excluding diaryl/α,β-unsaturated/α-hetero) is 1. The number of carbonyl (C=O) groups excluding carboxylic acids is 3. The number of ketones is 1. The first-order valence-corrected chi connectivity index (χ1v) is 9.96. The van der Waals surface area contributed by atoms with Crippen molar-refractivity contribution in [2.24, 2.45) is 11.8 Å². The molecule has 0 saturated carbocycles. The lowest BCUT2D eigenvalue weighted by molar-refractivity contribution is -0.384. The third kappa shape index (κ3) is 2.60. The highest BCUT2D eigenvalue weighted by Gasteiger charge is 2.64. The fourth-order valence-corrected chi connectivity index (χ4v) is 5.27. The molecule has 3 fully saturated rings. The molecule has 152 valence electrons. The van der Waals surface area contributed by atoms with Gasteiger partial charge in [-0.3, -0.25) is 29.4 Å². The number of anilines is 1. The van der Waals surface area contributed by atoms with Crippen LogP contribution in [0, 0.1) is 22.0 Å². The first kappa shape index (κ1) is 18.6. The lowest BCUT2D eigenvalue weighted by Gasteiger charge is -2.27. The van der Waals surface area contributed by atoms with Gasteiger partial charge in [0.05, 0.1) is 28.5 Å². The summed E-state index contributed by atoms with van der Waals surface area (Å²) in [6.45, 7) is 0.693. The standard InChI is InChI=1S/C22H19N3O5/c26-20(13-5-2-1-3-6-13)19-18-17(16-7-4-12-23(16)19)21(27)24(22(18)28)14-8-10-15(11-9-14)25(29)30/h1-3,5-6,8-11,16-19H,4,7,12H2/t16-,17+,18-,19+/m1/s1. The van der Waals surface area contributed by atoms with Gasteiger partial charge in [0.15, 0.2) is 5.78 Å². The van der Waals surface area contributed by atoms with E-state index < -0.39 is 28.7 Å². The minimum absolute atomic E-state index is 0.114. The summed E-state index contributed by atoms with van der Waals surface area (Å²) in [4.78, 5) is 53.6. The molecule has 0 radical (unpaired) electrons. The zero-order valence-corrected chi connectivity index (χ0v) is 16.0. The summed E-state index contributed by atoms with van der Waals surface area (Å²) in [7, 11) is 0. The molecule has 2 aromatic carbocycles. The van der Waals surface area contributed by atoms with Crippen molar-refractivity contribution < 1.29 is 19.3 Å². The quantitative estimate of drug-likeness (QED) is 0.335. The Morgan fingerprint density at radius 3 is 2.30 bits per heavy atom. The van der Waals surface area contributed by atoms with E-state index in [2.05, 4.69) is 0 Å². The maximum atomic E-state index is 13.4. The predicted molar refractivity (Wildman–Crippen MR) is 107 cm³/mol. The van der Waals surface area contributed by atoms with Gasteiger partial charge in [-0.15, -0.1) is 0 Å². The molecular weight excluding hydrogens is 386 g/mol. The Morgan fingerprint density at radius 1 is 0.967 bits per heavy atom. The van der Waals surface area contributed by atoms with E-state index in [4.69, 9.17) is 0 Å². The molecule has 0 N–H and O–H groups in total. The minimum atomic E-state index is -0.731. The number of nitro benzene ring substituents is 1. The number of nitro groups is 1. The van der Waals surface area contributed by atoms with Crippen LogP contribution in [0.25, 0.3) is 0 Å². The largest absolute Gasteiger partial charge is 0.292 e. The summed E-state index contributed by atoms with van der Waals surface area (Å²) in [6.07, 6.45) is 1.65. The smallest absolute Gasteiger partial charge is 0.269 e. The monoisotopic (exact) mass is 405 g/mol. The van der Waals surface area contributed by atoms with Crippen LogP contribution in [0.15, 0.2) is 54.6 Å². The molecule has 0 unspecified atom stereocenters. The molecule has 3 aliphatic rings. The second-order valence-electron chi connectivity index (χ2n) is 7.96. The van der Waals surface area contributed by atoms with Crippen LogP contribution in [0.2, 0.25) is 0 Å². The molecular formula is C22H19N3O5. The van der Waals surface area contributed by atoms with E-state index >= 15 is 0 Å². The Bertz CT molecular complexity index is 1050. The lowest BCUT2D eigenvalue weighted by Crippen LogP contribution is -2.46. The summed E-state index contributed by atoms with van der Waals surface area (Å²) < 4.78 is 0. The predicted octanol–water partition coefficient (Wildman–Crippen LogP) is 2.43. The second-order valence-corrected chi connectivity index (χ2v) is 7.96. The Kier molecular flexibility index (Phi) is 4.25. The number of benzene rings is 2. The molecule has 8 nitrogen and oxygen atoms in total. The fraction of sp³-hybridized carbons (Fsp3) is 0.318. The highest BCUT2D eigenvalue weighted by molar-refractivity contribution is 6.24. The van der Waals surface area contributed by atoms with Crippen molar-refractivity contribution in [2.45, 2.75) is 24.9 Å². The molecule has 2 amide bonds. The van der Waals surface area contributed by atoms with Gasteiger partial charge in [0, 0.05) is 23.7 Å². The molecule has 4 atom stereocenters. The van der Waals surface area contributed by atoms with Crippen LogP contribution < -0.4 is 4.90 Å². The van der Waals surface area contributed by atoms with Crippen LogP contribution in [0.1, 0.15) is 23.2 Å². The van der Waals surface area contributed by atoms with Crippen LogP contribution in [0.4, 0.5) is 11.4 Å². The van der Waals surface area contributed by atoms with Crippen molar-refractivity contribution in [3.05, 3.63) is 70.3 Å². The molecule has 2 aromatic rings. The summed E-state index contributed by atoms with van der Waals surface area (Å²) in [5.41, 5.74) is 0.723. The van der Waals surface area contributed by atoms with E-state index in [-0.39, 0.29) is 23.4 Å². The number of carbonyl (C=O) groups is 3. The lowest BCUT2D eigenvalue weighted by atomic mass is 9.85. The molecule has 0 spiro atoms. The molecule has 0 bridgehead atoms. The van der Waals surface area contributed by atoms with E-state index in [0.717, 1.165) is 17.7 Å². The summed E-state index contributed by atoms with van der Waals surface area (Å²) in [6, 6.07) is 13.4. The molecule has 30 heavy (non-hydrogen) atoms. The molecule has 3 saturated heterocycles. The fourth-order valence-electron chi connectivity index (χ4n) is 5.27. The van der Waals surface area contributed by atoms with Crippen LogP contribution in [0.5, 0.6) is 0 Å². The third-order valence-electron chi connectivity index (χ3n) is 6.50. The highest BCUT2D eigenvalue weighted by atomic mass is 16.6. The van der Waals surface area contributed by atoms with Gasteiger partial charge in [-0.1, -0.05) is 30.3 Å². The van der Waals surface area contributed by atoms with Gasteiger partial charge in [0.25, 0.3) is 5.69 Å². The van der Waals surface area contributed by atoms with Gasteiger partial charge in [0.2, 0.25) is 11.8 Å². The van der Waals surface area contributed by atoms with Crippen molar-refractivity contribution in [1.82, 2.24) is 4.90 Å². The Labute approximate surface area is 172 Å². The number of hydrogen-bond donors (Lipinski definition) is 0. The number of rotatable bonds is 4. The van der Waals surface area contributed by atoms with Gasteiger partial charge in [-0.25, -0.2) is 4.90 Å². The SMILES string of the molecule is O=C(c1ccccc1)[C@@H]1[C@@H]2C(=O)N(c3ccc([N+](=O)[O-])cc3)C(=O)[C@H]2[C@H]2CCCN21. The highest BCUT2D eigenvalue weighted by Crippen LogP contribution is 2.48. The van der Waals surface area contributed by atoms with Gasteiger partial charge in [0.1, 0.15) is 0 Å².